The van der Waals surface area contributed by atoms with Crippen LogP contribution in [-0.2, 0) is 20.2 Å². The van der Waals surface area contributed by atoms with Crippen molar-refractivity contribution >= 4 is 22.4 Å². The maximum atomic E-state index is 12.0. The number of aryl methyl sites for hydroxylation is 1. The lowest BCUT2D eigenvalue weighted by molar-refractivity contribution is 0.280. The van der Waals surface area contributed by atoms with E-state index in [4.69, 9.17) is 22.1 Å². The van der Waals surface area contributed by atoms with Crippen LogP contribution < -0.4 is 16.0 Å². The first kappa shape index (κ1) is 18.2. The van der Waals surface area contributed by atoms with Crippen LogP contribution in [0.5, 0.6) is 5.88 Å². The van der Waals surface area contributed by atoms with Gasteiger partial charge in [0.05, 0.1) is 22.8 Å². The number of aromatic nitrogens is 4. The molecular formula is C20H18ClN5O2. The van der Waals surface area contributed by atoms with E-state index in [2.05, 4.69) is 15.3 Å². The number of nitrogens with two attached hydrogens (primary N) is 1. The van der Waals surface area contributed by atoms with Crippen molar-refractivity contribution in [3.8, 4) is 17.0 Å². The van der Waals surface area contributed by atoms with Crippen molar-refractivity contribution in [3.05, 3.63) is 75.3 Å². The Bertz CT molecular complexity index is 1210. The average molecular weight is 396 g/mol. The summed E-state index contributed by atoms with van der Waals surface area (Å²) in [6.45, 7) is 0.536. The summed E-state index contributed by atoms with van der Waals surface area (Å²) in [6, 6.07) is 13.0. The SMILES string of the molecule is Cn1ncc(-c2ccc3c(=O)[nH]nc(CN)c3c2)c1OCc1ccccc1Cl. The Kier molecular flexibility index (Phi) is 4.85. The molecule has 8 heteroatoms. The van der Waals surface area contributed by atoms with Crippen molar-refractivity contribution in [2.45, 2.75) is 13.2 Å². The molecule has 0 bridgehead atoms. The van der Waals surface area contributed by atoms with Crippen LogP contribution in [0.25, 0.3) is 21.9 Å². The van der Waals surface area contributed by atoms with Crippen molar-refractivity contribution in [1.29, 1.82) is 0 Å². The third-order valence-electron chi connectivity index (χ3n) is 4.58. The van der Waals surface area contributed by atoms with E-state index < -0.39 is 0 Å². The monoisotopic (exact) mass is 395 g/mol. The lowest BCUT2D eigenvalue weighted by atomic mass is 10.0. The molecule has 2 aromatic heterocycles. The fraction of sp³-hybridized carbons (Fsp3) is 0.150. The van der Waals surface area contributed by atoms with E-state index in [1.807, 2.05) is 43.4 Å². The molecule has 4 aromatic rings. The van der Waals surface area contributed by atoms with E-state index >= 15 is 0 Å². The fourth-order valence-corrected chi connectivity index (χ4v) is 3.29. The van der Waals surface area contributed by atoms with Crippen molar-refractivity contribution in [3.63, 3.8) is 0 Å². The molecule has 0 unspecified atom stereocenters. The summed E-state index contributed by atoms with van der Waals surface area (Å²) in [5.41, 5.74) is 8.70. The number of fused-ring (bicyclic) bond motifs is 1. The van der Waals surface area contributed by atoms with Gasteiger partial charge < -0.3 is 10.5 Å². The zero-order valence-corrected chi connectivity index (χ0v) is 15.9. The van der Waals surface area contributed by atoms with E-state index in [1.54, 1.807) is 16.9 Å². The lowest BCUT2D eigenvalue weighted by Gasteiger charge is -2.11. The van der Waals surface area contributed by atoms with Gasteiger partial charge in [-0.25, -0.2) is 9.78 Å². The normalized spacial score (nSPS) is 11.1. The molecule has 0 radical (unpaired) electrons. The Morgan fingerprint density at radius 3 is 2.82 bits per heavy atom. The van der Waals surface area contributed by atoms with Crippen LogP contribution in [0.2, 0.25) is 5.02 Å². The van der Waals surface area contributed by atoms with Crippen LogP contribution >= 0.6 is 11.6 Å². The Hall–Kier alpha value is -3.16. The van der Waals surface area contributed by atoms with Gasteiger partial charge in [0, 0.05) is 29.6 Å². The first-order valence-electron chi connectivity index (χ1n) is 8.68. The van der Waals surface area contributed by atoms with Gasteiger partial charge in [-0.15, -0.1) is 0 Å². The smallest absolute Gasteiger partial charge is 0.272 e. The first-order valence-corrected chi connectivity index (χ1v) is 9.06. The van der Waals surface area contributed by atoms with Crippen LogP contribution in [-0.4, -0.2) is 20.0 Å². The summed E-state index contributed by atoms with van der Waals surface area (Å²) in [5.74, 6) is 0.603. The summed E-state index contributed by atoms with van der Waals surface area (Å²) >= 11 is 6.22. The van der Waals surface area contributed by atoms with Gasteiger partial charge in [-0.3, -0.25) is 4.79 Å². The molecule has 7 nitrogen and oxygen atoms in total. The van der Waals surface area contributed by atoms with E-state index in [-0.39, 0.29) is 12.1 Å². The molecule has 0 aliphatic rings. The minimum atomic E-state index is -0.250. The summed E-state index contributed by atoms with van der Waals surface area (Å²) < 4.78 is 7.69. The largest absolute Gasteiger partial charge is 0.472 e. The fourth-order valence-electron chi connectivity index (χ4n) is 3.10. The first-order chi connectivity index (χ1) is 13.6. The quantitative estimate of drug-likeness (QED) is 0.541. The van der Waals surface area contributed by atoms with Crippen LogP contribution in [0.1, 0.15) is 11.3 Å². The van der Waals surface area contributed by atoms with E-state index in [1.165, 1.54) is 0 Å². The number of halogens is 1. The molecule has 0 fully saturated rings. The van der Waals surface area contributed by atoms with Gasteiger partial charge in [0.1, 0.15) is 6.61 Å². The second-order valence-corrected chi connectivity index (χ2v) is 6.74. The molecule has 0 spiro atoms. The van der Waals surface area contributed by atoms with Crippen molar-refractivity contribution < 1.29 is 4.74 Å². The topological polar surface area (TPSA) is 98.8 Å². The molecule has 0 saturated heterocycles. The third kappa shape index (κ3) is 3.26. The van der Waals surface area contributed by atoms with Gasteiger partial charge in [-0.05, 0) is 23.8 Å². The van der Waals surface area contributed by atoms with Gasteiger partial charge in [0.2, 0.25) is 5.88 Å². The Morgan fingerprint density at radius 2 is 2.04 bits per heavy atom. The number of hydrogen-bond acceptors (Lipinski definition) is 5. The summed E-state index contributed by atoms with van der Waals surface area (Å²) in [6.07, 6.45) is 1.73. The maximum absolute atomic E-state index is 12.0. The van der Waals surface area contributed by atoms with E-state index in [0.29, 0.717) is 34.0 Å². The molecule has 0 amide bonds. The number of benzene rings is 2. The van der Waals surface area contributed by atoms with Gasteiger partial charge in [-0.1, -0.05) is 35.9 Å². The van der Waals surface area contributed by atoms with Crippen molar-refractivity contribution in [2.75, 3.05) is 0 Å². The highest BCUT2D eigenvalue weighted by Crippen LogP contribution is 2.32. The number of aromatic amines is 1. The Labute approximate surface area is 165 Å². The number of rotatable bonds is 5. The summed E-state index contributed by atoms with van der Waals surface area (Å²) in [4.78, 5) is 12.0. The van der Waals surface area contributed by atoms with Gasteiger partial charge in [0.25, 0.3) is 5.56 Å². The molecule has 4 rings (SSSR count). The van der Waals surface area contributed by atoms with Gasteiger partial charge >= 0.3 is 0 Å². The molecule has 0 saturated carbocycles. The molecule has 3 N–H and O–H groups in total. The zero-order chi connectivity index (χ0) is 19.7. The minimum Gasteiger partial charge on any atom is -0.472 e. The molecule has 0 atom stereocenters. The second-order valence-electron chi connectivity index (χ2n) is 6.33. The molecule has 2 aromatic carbocycles. The summed E-state index contributed by atoms with van der Waals surface area (Å²) in [5, 5.41) is 12.7. The predicted molar refractivity (Wildman–Crippen MR) is 108 cm³/mol. The highest BCUT2D eigenvalue weighted by atomic mass is 35.5. The van der Waals surface area contributed by atoms with E-state index in [0.717, 1.165) is 16.7 Å². The summed E-state index contributed by atoms with van der Waals surface area (Å²) in [7, 11) is 1.81. The molecule has 142 valence electrons. The van der Waals surface area contributed by atoms with Gasteiger partial charge in [0.15, 0.2) is 0 Å². The average Bonchev–Trinajstić information content (AvgIpc) is 3.08. The minimum absolute atomic E-state index is 0.222. The molecule has 0 aliphatic carbocycles. The number of ether oxygens (including phenoxy) is 1. The highest BCUT2D eigenvalue weighted by Gasteiger charge is 2.15. The number of H-pyrrole nitrogens is 1. The Morgan fingerprint density at radius 1 is 1.21 bits per heavy atom. The molecule has 0 aliphatic heterocycles. The number of nitrogens with zero attached hydrogens (tertiary/aromatic N) is 3. The van der Waals surface area contributed by atoms with Gasteiger partial charge in [-0.2, -0.15) is 10.2 Å². The molecule has 2 heterocycles. The number of nitrogens with one attached hydrogen (secondary N) is 1. The highest BCUT2D eigenvalue weighted by molar-refractivity contribution is 6.31. The number of hydrogen-bond donors (Lipinski definition) is 2. The molecule has 28 heavy (non-hydrogen) atoms. The predicted octanol–water partition coefficient (Wildman–Crippen LogP) is 3.01. The third-order valence-corrected chi connectivity index (χ3v) is 4.95. The molecular weight excluding hydrogens is 378 g/mol. The van der Waals surface area contributed by atoms with E-state index in [9.17, 15) is 4.79 Å². The zero-order valence-electron chi connectivity index (χ0n) is 15.1. The van der Waals surface area contributed by atoms with Crippen LogP contribution in [0, 0.1) is 0 Å². The maximum Gasteiger partial charge on any atom is 0.272 e. The van der Waals surface area contributed by atoms with Crippen molar-refractivity contribution in [2.24, 2.45) is 12.8 Å². The lowest BCUT2D eigenvalue weighted by Crippen LogP contribution is -2.13. The van der Waals surface area contributed by atoms with Crippen LogP contribution in [0.15, 0.2) is 53.5 Å². The Balaban J connectivity index is 1.74. The standard InChI is InChI=1S/C20H18ClN5O2/c1-26-20(28-11-13-4-2-3-5-17(13)21)16(10-23-26)12-6-7-14-15(8-12)18(9-22)24-25-19(14)27/h2-8,10H,9,11,22H2,1H3,(H,25,27). The second kappa shape index (κ2) is 7.46. The van der Waals surface area contributed by atoms with Crippen molar-refractivity contribution in [1.82, 2.24) is 20.0 Å². The van der Waals surface area contributed by atoms with Crippen LogP contribution in [0.3, 0.4) is 0 Å². The van der Waals surface area contributed by atoms with Crippen LogP contribution in [0.4, 0.5) is 0 Å².